The van der Waals surface area contributed by atoms with Crippen LogP contribution in [0.1, 0.15) is 49.8 Å². The van der Waals surface area contributed by atoms with Gasteiger partial charge in [0.15, 0.2) is 0 Å². The van der Waals surface area contributed by atoms with E-state index < -0.39 is 5.60 Å². The van der Waals surface area contributed by atoms with Gasteiger partial charge in [-0.1, -0.05) is 67.9 Å². The number of fused-ring (bicyclic) bond motifs is 1. The Morgan fingerprint density at radius 3 is 2.33 bits per heavy atom. The topological polar surface area (TPSA) is 20.2 Å². The van der Waals surface area contributed by atoms with Crippen LogP contribution in [0.25, 0.3) is 5.57 Å². The van der Waals surface area contributed by atoms with Gasteiger partial charge in [-0.05, 0) is 47.6 Å². The lowest BCUT2D eigenvalue weighted by molar-refractivity contribution is 0.0974. The third-order valence-electron chi connectivity index (χ3n) is 4.45. The van der Waals surface area contributed by atoms with Gasteiger partial charge in [0.2, 0.25) is 0 Å². The number of benzene rings is 2. The Balaban J connectivity index is 2.22. The van der Waals surface area contributed by atoms with E-state index in [2.05, 4.69) is 49.4 Å². The van der Waals surface area contributed by atoms with Crippen molar-refractivity contribution in [1.29, 1.82) is 0 Å². The molecule has 1 unspecified atom stereocenters. The summed E-state index contributed by atoms with van der Waals surface area (Å²) in [6.45, 7) is 4.13. The van der Waals surface area contributed by atoms with Crippen LogP contribution in [-0.2, 0) is 5.60 Å². The summed E-state index contributed by atoms with van der Waals surface area (Å²) in [5.74, 6) is 0. The second-order valence-electron chi connectivity index (χ2n) is 5.94. The molecule has 1 nitrogen and oxygen atoms in total. The smallest absolute Gasteiger partial charge is 0.109 e. The molecule has 2 aromatic rings. The fraction of sp³-hybridized carbons (Fsp3) is 0.300. The summed E-state index contributed by atoms with van der Waals surface area (Å²) in [4.78, 5) is 0. The van der Waals surface area contributed by atoms with Gasteiger partial charge in [-0.3, -0.25) is 0 Å². The Labute approximate surface area is 127 Å². The van der Waals surface area contributed by atoms with Gasteiger partial charge in [-0.2, -0.15) is 0 Å². The summed E-state index contributed by atoms with van der Waals surface area (Å²) in [5.41, 5.74) is 4.96. The predicted molar refractivity (Wildman–Crippen MR) is 88.0 cm³/mol. The first-order valence-corrected chi connectivity index (χ1v) is 7.77. The molecule has 0 fully saturated rings. The molecule has 0 bridgehead atoms. The molecule has 3 rings (SSSR count). The predicted octanol–water partition coefficient (Wildman–Crippen LogP) is 4.90. The summed E-state index contributed by atoms with van der Waals surface area (Å²) in [7, 11) is 0. The number of unbranched alkanes of at least 4 members (excludes halogenated alkanes) is 1. The lowest BCUT2D eigenvalue weighted by atomic mass is 9.88. The monoisotopic (exact) mass is 278 g/mol. The molecular weight excluding hydrogens is 256 g/mol. The van der Waals surface area contributed by atoms with Gasteiger partial charge in [-0.15, -0.1) is 0 Å². The van der Waals surface area contributed by atoms with E-state index in [4.69, 9.17) is 0 Å². The van der Waals surface area contributed by atoms with Crippen LogP contribution in [0.15, 0.2) is 60.2 Å². The van der Waals surface area contributed by atoms with Crippen molar-refractivity contribution in [1.82, 2.24) is 0 Å². The standard InChI is InChI=1S/C20H22O/c1-3-4-13-18-19(15-10-6-5-7-11-15)16-12-8-9-14-17(16)20(18,2)21/h5-12,14,21H,3-4,13H2,1-2H3. The van der Waals surface area contributed by atoms with E-state index >= 15 is 0 Å². The fourth-order valence-electron chi connectivity index (χ4n) is 3.35. The molecule has 0 spiro atoms. The lowest BCUT2D eigenvalue weighted by Crippen LogP contribution is -2.21. The Kier molecular flexibility index (Phi) is 3.69. The highest BCUT2D eigenvalue weighted by Crippen LogP contribution is 2.48. The zero-order valence-corrected chi connectivity index (χ0v) is 12.8. The third kappa shape index (κ3) is 2.32. The zero-order chi connectivity index (χ0) is 14.9. The van der Waals surface area contributed by atoms with Crippen molar-refractivity contribution in [3.05, 3.63) is 76.9 Å². The molecule has 2 aromatic carbocycles. The van der Waals surface area contributed by atoms with Crippen molar-refractivity contribution >= 4 is 5.57 Å². The molecule has 1 atom stereocenters. The van der Waals surface area contributed by atoms with Crippen LogP contribution in [0.5, 0.6) is 0 Å². The van der Waals surface area contributed by atoms with Crippen LogP contribution >= 0.6 is 0 Å². The Hall–Kier alpha value is -1.86. The van der Waals surface area contributed by atoms with Gasteiger partial charge in [0.1, 0.15) is 5.60 Å². The Morgan fingerprint density at radius 2 is 1.62 bits per heavy atom. The molecule has 21 heavy (non-hydrogen) atoms. The molecule has 0 saturated carbocycles. The van der Waals surface area contributed by atoms with Crippen LogP contribution in [0, 0.1) is 0 Å². The second kappa shape index (κ2) is 5.50. The maximum Gasteiger partial charge on any atom is 0.109 e. The Morgan fingerprint density at radius 1 is 0.952 bits per heavy atom. The highest BCUT2D eigenvalue weighted by molar-refractivity contribution is 5.89. The summed E-state index contributed by atoms with van der Waals surface area (Å²) in [6, 6.07) is 18.7. The largest absolute Gasteiger partial charge is 0.381 e. The van der Waals surface area contributed by atoms with Crippen molar-refractivity contribution in [3.8, 4) is 0 Å². The molecule has 0 aliphatic heterocycles. The van der Waals surface area contributed by atoms with E-state index in [1.54, 1.807) is 0 Å². The van der Waals surface area contributed by atoms with E-state index in [-0.39, 0.29) is 0 Å². The minimum absolute atomic E-state index is 0.850. The van der Waals surface area contributed by atoms with Crippen molar-refractivity contribution in [3.63, 3.8) is 0 Å². The second-order valence-corrected chi connectivity index (χ2v) is 5.94. The van der Waals surface area contributed by atoms with E-state index in [0.29, 0.717) is 0 Å². The van der Waals surface area contributed by atoms with E-state index in [9.17, 15) is 5.11 Å². The highest BCUT2D eigenvalue weighted by Gasteiger charge is 2.39. The van der Waals surface area contributed by atoms with Crippen molar-refractivity contribution in [2.24, 2.45) is 0 Å². The lowest BCUT2D eigenvalue weighted by Gasteiger charge is -2.23. The third-order valence-corrected chi connectivity index (χ3v) is 4.45. The van der Waals surface area contributed by atoms with Crippen molar-refractivity contribution < 1.29 is 5.11 Å². The molecule has 0 amide bonds. The van der Waals surface area contributed by atoms with E-state index in [0.717, 1.165) is 30.4 Å². The normalized spacial score (nSPS) is 20.7. The van der Waals surface area contributed by atoms with Crippen LogP contribution in [0.4, 0.5) is 0 Å². The van der Waals surface area contributed by atoms with Crippen LogP contribution < -0.4 is 0 Å². The molecule has 1 N–H and O–H groups in total. The molecular formula is C20H22O. The molecule has 0 heterocycles. The maximum absolute atomic E-state index is 11.1. The van der Waals surface area contributed by atoms with Crippen LogP contribution in [0.3, 0.4) is 0 Å². The van der Waals surface area contributed by atoms with Gasteiger partial charge in [0, 0.05) is 0 Å². The van der Waals surface area contributed by atoms with Crippen LogP contribution in [0.2, 0.25) is 0 Å². The minimum atomic E-state index is -0.850. The van der Waals surface area contributed by atoms with Gasteiger partial charge >= 0.3 is 0 Å². The maximum atomic E-state index is 11.1. The van der Waals surface area contributed by atoms with Gasteiger partial charge in [0.25, 0.3) is 0 Å². The summed E-state index contributed by atoms with van der Waals surface area (Å²) in [6.07, 6.45) is 3.19. The summed E-state index contributed by atoms with van der Waals surface area (Å²) in [5, 5.41) is 11.1. The average Bonchev–Trinajstić information content (AvgIpc) is 2.74. The van der Waals surface area contributed by atoms with Gasteiger partial charge in [-0.25, -0.2) is 0 Å². The molecule has 1 aliphatic carbocycles. The fourth-order valence-corrected chi connectivity index (χ4v) is 3.35. The van der Waals surface area contributed by atoms with Gasteiger partial charge < -0.3 is 5.11 Å². The minimum Gasteiger partial charge on any atom is -0.381 e. The van der Waals surface area contributed by atoms with Crippen molar-refractivity contribution in [2.75, 3.05) is 0 Å². The first kappa shape index (κ1) is 14.1. The number of hydrogen-bond acceptors (Lipinski definition) is 1. The molecule has 108 valence electrons. The van der Waals surface area contributed by atoms with Gasteiger partial charge in [0.05, 0.1) is 0 Å². The number of hydrogen-bond donors (Lipinski definition) is 1. The molecule has 1 heteroatoms. The first-order valence-electron chi connectivity index (χ1n) is 7.77. The quantitative estimate of drug-likeness (QED) is 0.843. The summed E-state index contributed by atoms with van der Waals surface area (Å²) >= 11 is 0. The highest BCUT2D eigenvalue weighted by atomic mass is 16.3. The molecule has 1 aliphatic rings. The number of rotatable bonds is 4. The Bertz CT molecular complexity index is 665. The van der Waals surface area contributed by atoms with E-state index in [1.165, 1.54) is 16.7 Å². The average molecular weight is 278 g/mol. The van der Waals surface area contributed by atoms with Crippen LogP contribution in [-0.4, -0.2) is 5.11 Å². The summed E-state index contributed by atoms with van der Waals surface area (Å²) < 4.78 is 0. The molecule has 0 aromatic heterocycles. The number of aliphatic hydroxyl groups is 1. The SMILES string of the molecule is CCCCC1=C(c2ccccc2)c2ccccc2C1(C)O. The zero-order valence-electron chi connectivity index (χ0n) is 12.8. The molecule has 0 saturated heterocycles. The first-order chi connectivity index (χ1) is 10.2. The van der Waals surface area contributed by atoms with Crippen molar-refractivity contribution in [2.45, 2.75) is 38.7 Å². The van der Waals surface area contributed by atoms with E-state index in [1.807, 2.05) is 19.1 Å². The molecule has 0 radical (unpaired) electrons.